The Bertz CT molecular complexity index is 1570. The summed E-state index contributed by atoms with van der Waals surface area (Å²) in [6, 6.07) is -8.56. The first-order valence-electron chi connectivity index (χ1n) is 20.3. The van der Waals surface area contributed by atoms with Crippen LogP contribution in [0.2, 0.25) is 0 Å². The van der Waals surface area contributed by atoms with E-state index < -0.39 is 165 Å². The van der Waals surface area contributed by atoms with Crippen molar-refractivity contribution in [2.24, 2.45) is 5.73 Å². The van der Waals surface area contributed by atoms with Crippen molar-refractivity contribution in [2.75, 3.05) is 19.8 Å². The number of aliphatic hydroxyl groups is 4. The van der Waals surface area contributed by atoms with Crippen LogP contribution in [-0.2, 0) is 62.0 Å². The second-order valence-corrected chi connectivity index (χ2v) is 15.1. The van der Waals surface area contributed by atoms with E-state index in [2.05, 4.69) is 26.6 Å². The van der Waals surface area contributed by atoms with Gasteiger partial charge in [-0.15, -0.1) is 0 Å². The molecule has 0 unspecified atom stereocenters. The lowest BCUT2D eigenvalue weighted by Gasteiger charge is -2.49. The van der Waals surface area contributed by atoms with Gasteiger partial charge in [0.05, 0.1) is 13.2 Å². The summed E-state index contributed by atoms with van der Waals surface area (Å²) in [5.41, 5.74) is 5.42. The number of aliphatic carboxylic acids is 3. The molecule has 2 rings (SSSR count). The van der Waals surface area contributed by atoms with Gasteiger partial charge in [0, 0.05) is 26.9 Å². The molecule has 26 heteroatoms. The van der Waals surface area contributed by atoms with E-state index in [-0.39, 0.29) is 25.9 Å². The number of hydrogen-bond acceptors (Lipinski definition) is 18. The van der Waals surface area contributed by atoms with E-state index in [0.29, 0.717) is 6.42 Å². The van der Waals surface area contributed by atoms with Crippen molar-refractivity contribution < 1.29 is 97.8 Å². The van der Waals surface area contributed by atoms with Crippen LogP contribution in [0.4, 0.5) is 0 Å². The van der Waals surface area contributed by atoms with E-state index >= 15 is 0 Å². The summed E-state index contributed by atoms with van der Waals surface area (Å²) in [4.78, 5) is 98.4. The summed E-state index contributed by atoms with van der Waals surface area (Å²) in [5, 5.41) is 81.6. The molecule has 2 fully saturated rings. The van der Waals surface area contributed by atoms with Gasteiger partial charge in [-0.3, -0.25) is 28.8 Å². The minimum absolute atomic E-state index is 0.0422. The largest absolute Gasteiger partial charge is 0.480 e. The molecular weight excluding hydrogens is 848 g/mol. The number of hydrogen-bond donors (Lipinski definition) is 13. The normalized spacial score (nSPS) is 28.2. The number of nitrogens with two attached hydrogens (primary N) is 1. The summed E-state index contributed by atoms with van der Waals surface area (Å²) in [7, 11) is 0. The molecular formula is C37H62N6O20. The highest BCUT2D eigenvalue weighted by atomic mass is 16.7. The minimum Gasteiger partial charge on any atom is -0.480 e. The van der Waals surface area contributed by atoms with Crippen LogP contribution in [0.25, 0.3) is 0 Å². The van der Waals surface area contributed by atoms with Crippen LogP contribution >= 0.6 is 0 Å². The van der Waals surface area contributed by atoms with Crippen molar-refractivity contribution in [3.8, 4) is 0 Å². The summed E-state index contributed by atoms with van der Waals surface area (Å²) in [5.74, 6) is -8.43. The van der Waals surface area contributed by atoms with Crippen LogP contribution in [0.1, 0.15) is 73.1 Å². The summed E-state index contributed by atoms with van der Waals surface area (Å²) in [6.07, 6.45) is -14.5. The van der Waals surface area contributed by atoms with E-state index in [1.807, 2.05) is 0 Å². The number of carboxylic acid groups (broad SMARTS) is 3. The molecule has 2 aliphatic rings. The zero-order valence-corrected chi connectivity index (χ0v) is 35.5. The van der Waals surface area contributed by atoms with Gasteiger partial charge in [-0.25, -0.2) is 9.59 Å². The molecule has 15 atom stereocenters. The summed E-state index contributed by atoms with van der Waals surface area (Å²) < 4.78 is 29.9. The first-order chi connectivity index (χ1) is 29.6. The first-order valence-corrected chi connectivity index (χ1v) is 20.3. The van der Waals surface area contributed by atoms with E-state index in [1.165, 1.54) is 13.8 Å². The topological polar surface area (TPSA) is 410 Å². The van der Waals surface area contributed by atoms with Gasteiger partial charge >= 0.3 is 17.9 Å². The third-order valence-electron chi connectivity index (χ3n) is 9.94. The first kappa shape index (κ1) is 54.5. The van der Waals surface area contributed by atoms with E-state index in [9.17, 15) is 69.0 Å². The molecule has 2 heterocycles. The van der Waals surface area contributed by atoms with Crippen molar-refractivity contribution in [3.05, 3.63) is 0 Å². The predicted molar refractivity (Wildman–Crippen MR) is 210 cm³/mol. The number of carbonyl (C=O) groups excluding carboxylic acids is 5. The van der Waals surface area contributed by atoms with Crippen LogP contribution in [0.5, 0.6) is 0 Å². The van der Waals surface area contributed by atoms with Gasteiger partial charge in [-0.1, -0.05) is 6.92 Å². The van der Waals surface area contributed by atoms with Crippen LogP contribution in [0, 0.1) is 0 Å². The summed E-state index contributed by atoms with van der Waals surface area (Å²) in [6.45, 7) is 5.00. The molecule has 0 aromatic carbocycles. The third kappa shape index (κ3) is 16.8. The van der Waals surface area contributed by atoms with Gasteiger partial charge in [0.15, 0.2) is 12.6 Å². The Morgan fingerprint density at radius 2 is 1.27 bits per heavy atom. The van der Waals surface area contributed by atoms with Crippen molar-refractivity contribution in [1.82, 2.24) is 26.6 Å². The average molecular weight is 911 g/mol. The second-order valence-electron chi connectivity index (χ2n) is 15.1. The molecule has 14 N–H and O–H groups in total. The van der Waals surface area contributed by atoms with Crippen LogP contribution in [0.3, 0.4) is 0 Å². The molecule has 2 saturated heterocycles. The Labute approximate surface area is 361 Å². The summed E-state index contributed by atoms with van der Waals surface area (Å²) >= 11 is 0. The van der Waals surface area contributed by atoms with E-state index in [1.54, 1.807) is 6.92 Å². The lowest BCUT2D eigenvalue weighted by Crippen LogP contribution is -2.70. The van der Waals surface area contributed by atoms with Crippen LogP contribution in [-0.4, -0.2) is 195 Å². The zero-order chi connectivity index (χ0) is 47.7. The van der Waals surface area contributed by atoms with Crippen molar-refractivity contribution >= 4 is 47.4 Å². The second kappa shape index (κ2) is 26.2. The maximum absolute atomic E-state index is 13.6. The molecule has 0 aliphatic carbocycles. The molecule has 26 nitrogen and oxygen atoms in total. The van der Waals surface area contributed by atoms with Crippen molar-refractivity contribution in [3.63, 3.8) is 0 Å². The number of amides is 5. The molecule has 0 aromatic rings. The highest BCUT2D eigenvalue weighted by Gasteiger charge is 2.53. The standard InChI is InChI=1S/C37H62N6O20/c1-6-12-59-36-26(41-18(5)47)30(29(23(14-45)62-36)63-37-25(40-17(4)46)28(50)27(49)22(13-44)61-37)60-16(3)32(52)39-15(2)31(51)43-21(35(57)58)10-11-24(48)42-20(34(55)56)9-7-8-19(38)33(53)54/h15-16,19-23,25-30,36-37,44-45,49-50H,6-14,38H2,1-5H3,(H,39,52)(H,40,46)(H,41,47)(H,42,48)(H,43,51)(H,53,54)(H,55,56)(H,57,58)/t15-,16+,19+,20-,21+,22+,23+,25+,26+,27+,28+,29+,30+,36-,37-/m0/s1. The lowest BCUT2D eigenvalue weighted by molar-refractivity contribution is -0.337. The third-order valence-corrected chi connectivity index (χ3v) is 9.94. The smallest absolute Gasteiger partial charge is 0.326 e. The molecule has 63 heavy (non-hydrogen) atoms. The van der Waals surface area contributed by atoms with Crippen LogP contribution in [0.15, 0.2) is 0 Å². The predicted octanol–water partition coefficient (Wildman–Crippen LogP) is -5.26. The fourth-order valence-electron chi connectivity index (χ4n) is 6.60. The maximum Gasteiger partial charge on any atom is 0.326 e. The van der Waals surface area contributed by atoms with E-state index in [4.69, 9.17) is 34.5 Å². The van der Waals surface area contributed by atoms with Crippen molar-refractivity contribution in [1.29, 1.82) is 0 Å². The molecule has 0 radical (unpaired) electrons. The monoisotopic (exact) mass is 910 g/mol. The fraction of sp³-hybridized carbons (Fsp3) is 0.784. The Morgan fingerprint density at radius 3 is 1.81 bits per heavy atom. The van der Waals surface area contributed by atoms with Gasteiger partial charge in [0.1, 0.15) is 79.0 Å². The van der Waals surface area contributed by atoms with Gasteiger partial charge in [0.25, 0.3) is 0 Å². The Kier molecular flexibility index (Phi) is 22.7. The Hall–Kier alpha value is -4.64. The van der Waals surface area contributed by atoms with Gasteiger partial charge in [-0.05, 0) is 46.0 Å². The Balaban J connectivity index is 2.27. The van der Waals surface area contributed by atoms with Gasteiger partial charge < -0.3 is 91.7 Å². The number of carboxylic acids is 3. The molecule has 360 valence electrons. The molecule has 0 saturated carbocycles. The maximum atomic E-state index is 13.6. The quantitative estimate of drug-likeness (QED) is 0.0385. The number of nitrogens with one attached hydrogen (secondary N) is 5. The highest BCUT2D eigenvalue weighted by molar-refractivity contribution is 5.91. The molecule has 0 spiro atoms. The van der Waals surface area contributed by atoms with Crippen LogP contribution < -0.4 is 32.3 Å². The van der Waals surface area contributed by atoms with Crippen molar-refractivity contribution in [2.45, 2.75) is 165 Å². The minimum atomic E-state index is -1.75. The van der Waals surface area contributed by atoms with Gasteiger partial charge in [-0.2, -0.15) is 0 Å². The molecule has 0 bridgehead atoms. The number of carbonyl (C=O) groups is 8. The SMILES string of the molecule is CCCO[C@H]1O[C@H](CO)[C@@H](O[C@@H]2O[C@H](CO)[C@@H](O)[C@H](O)[C@H]2NC(C)=O)[C@H](O[C@H](C)C(=O)N[C@@H](C)C(=O)N[C@H](CCC(=O)N[C@@H](CCC[C@@H](N)C(=O)O)C(=O)O)C(=O)O)[C@H]1NC(C)=O. The highest BCUT2D eigenvalue weighted by Crippen LogP contribution is 2.32. The molecule has 0 aromatic heterocycles. The number of aliphatic hydroxyl groups excluding tert-OH is 4. The lowest BCUT2D eigenvalue weighted by atomic mass is 9.94. The average Bonchev–Trinajstić information content (AvgIpc) is 3.21. The molecule has 5 amide bonds. The fourth-order valence-corrected chi connectivity index (χ4v) is 6.60. The Morgan fingerprint density at radius 1 is 0.698 bits per heavy atom. The van der Waals surface area contributed by atoms with E-state index in [0.717, 1.165) is 13.8 Å². The zero-order valence-electron chi connectivity index (χ0n) is 35.5. The molecule has 2 aliphatic heterocycles. The number of rotatable bonds is 26. The van der Waals surface area contributed by atoms with Gasteiger partial charge in [0.2, 0.25) is 29.5 Å². The number of ether oxygens (including phenoxy) is 5.